The van der Waals surface area contributed by atoms with Gasteiger partial charge in [-0.15, -0.1) is 5.10 Å². The van der Waals surface area contributed by atoms with Crippen molar-refractivity contribution in [1.29, 1.82) is 0 Å². The lowest BCUT2D eigenvalue weighted by Gasteiger charge is -2.33. The number of aryl methyl sites for hydroxylation is 1. The van der Waals surface area contributed by atoms with Crippen LogP contribution in [0.15, 0.2) is 18.2 Å². The Morgan fingerprint density at radius 3 is 2.89 bits per heavy atom. The zero-order valence-corrected chi connectivity index (χ0v) is 16.2. The summed E-state index contributed by atoms with van der Waals surface area (Å²) in [6.45, 7) is 3.95. The monoisotopic (exact) mass is 370 g/mol. The van der Waals surface area contributed by atoms with Crippen LogP contribution in [0.3, 0.4) is 0 Å². The van der Waals surface area contributed by atoms with E-state index in [9.17, 15) is 0 Å². The average molecular weight is 371 g/mol. The van der Waals surface area contributed by atoms with Crippen molar-refractivity contribution < 1.29 is 4.74 Å². The Morgan fingerprint density at radius 2 is 2.11 bits per heavy atom. The fraction of sp³-hybridized carbons (Fsp3) is 0.600. The SMILES string of the molecule is Cn1nc(N)nc1NCCCOc1cccc2c1CCCC2N1CCCC1. The highest BCUT2D eigenvalue weighted by Crippen LogP contribution is 2.39. The number of hydrogen-bond donors (Lipinski definition) is 2. The van der Waals surface area contributed by atoms with Crippen molar-refractivity contribution >= 4 is 11.9 Å². The minimum atomic E-state index is 0.291. The number of anilines is 2. The van der Waals surface area contributed by atoms with Crippen molar-refractivity contribution in [3.8, 4) is 5.75 Å². The fourth-order valence-corrected chi connectivity index (χ4v) is 4.37. The Hall–Kier alpha value is -2.28. The standard InChI is InChI=1S/C20H30N6O/c1-25-20(23-19(21)24-25)22-11-6-14-27-18-10-5-7-15-16(18)8-4-9-17(15)26-12-2-3-13-26/h5,7,10,17H,2-4,6,8-9,11-14H2,1H3,(H3,21,22,23,24). The van der Waals surface area contributed by atoms with E-state index in [1.807, 2.05) is 7.05 Å². The first kappa shape index (κ1) is 18.1. The molecule has 1 saturated heterocycles. The van der Waals surface area contributed by atoms with Crippen LogP contribution in [0.5, 0.6) is 5.75 Å². The fourth-order valence-electron chi connectivity index (χ4n) is 4.37. The summed E-state index contributed by atoms with van der Waals surface area (Å²) in [5, 5.41) is 7.28. The molecule has 1 unspecified atom stereocenters. The number of aromatic nitrogens is 3. The summed E-state index contributed by atoms with van der Waals surface area (Å²) in [7, 11) is 1.83. The van der Waals surface area contributed by atoms with Gasteiger partial charge in [-0.2, -0.15) is 4.98 Å². The molecular weight excluding hydrogens is 340 g/mol. The number of nitrogens with one attached hydrogen (secondary N) is 1. The molecule has 0 bridgehead atoms. The van der Waals surface area contributed by atoms with Gasteiger partial charge in [0.05, 0.1) is 6.61 Å². The second-order valence-corrected chi connectivity index (χ2v) is 7.52. The molecule has 1 aliphatic carbocycles. The summed E-state index contributed by atoms with van der Waals surface area (Å²) in [6, 6.07) is 7.18. The van der Waals surface area contributed by atoms with Gasteiger partial charge in [0.2, 0.25) is 11.9 Å². The summed E-state index contributed by atoms with van der Waals surface area (Å²) in [6.07, 6.45) is 7.24. The zero-order valence-electron chi connectivity index (χ0n) is 16.2. The lowest BCUT2D eigenvalue weighted by atomic mass is 9.86. The van der Waals surface area contributed by atoms with Crippen LogP contribution in [0.2, 0.25) is 0 Å². The molecule has 4 rings (SSSR count). The molecular formula is C20H30N6O. The van der Waals surface area contributed by atoms with Crippen molar-refractivity contribution in [2.24, 2.45) is 7.05 Å². The zero-order chi connectivity index (χ0) is 18.6. The van der Waals surface area contributed by atoms with Crippen molar-refractivity contribution in [2.45, 2.75) is 44.6 Å². The number of nitrogen functional groups attached to an aromatic ring is 1. The average Bonchev–Trinajstić information content (AvgIpc) is 3.31. The van der Waals surface area contributed by atoms with Crippen molar-refractivity contribution in [3.05, 3.63) is 29.3 Å². The first-order chi connectivity index (χ1) is 13.2. The van der Waals surface area contributed by atoms with Crippen molar-refractivity contribution in [2.75, 3.05) is 37.3 Å². The molecule has 0 saturated carbocycles. The van der Waals surface area contributed by atoms with Gasteiger partial charge in [-0.25, -0.2) is 4.68 Å². The Kier molecular flexibility index (Phi) is 5.48. The molecule has 2 aliphatic rings. The van der Waals surface area contributed by atoms with E-state index in [4.69, 9.17) is 10.5 Å². The Bertz CT molecular complexity index is 768. The summed E-state index contributed by atoms with van der Waals surface area (Å²) < 4.78 is 7.82. The molecule has 1 atom stereocenters. The molecule has 146 valence electrons. The van der Waals surface area contributed by atoms with Gasteiger partial charge in [-0.05, 0) is 68.8 Å². The van der Waals surface area contributed by atoms with Gasteiger partial charge in [0.25, 0.3) is 0 Å². The number of rotatable bonds is 7. The summed E-state index contributed by atoms with van der Waals surface area (Å²) in [5.41, 5.74) is 8.52. The normalized spacial score (nSPS) is 19.8. The van der Waals surface area contributed by atoms with Crippen LogP contribution < -0.4 is 15.8 Å². The van der Waals surface area contributed by atoms with Gasteiger partial charge in [0.15, 0.2) is 0 Å². The maximum absolute atomic E-state index is 6.16. The number of fused-ring (bicyclic) bond motifs is 1. The molecule has 1 aromatic carbocycles. The second-order valence-electron chi connectivity index (χ2n) is 7.52. The van der Waals surface area contributed by atoms with Crippen LogP contribution in [-0.4, -0.2) is 45.9 Å². The number of nitrogens with two attached hydrogens (primary N) is 1. The van der Waals surface area contributed by atoms with E-state index >= 15 is 0 Å². The van der Waals surface area contributed by atoms with E-state index in [0.29, 0.717) is 24.5 Å². The maximum Gasteiger partial charge on any atom is 0.241 e. The molecule has 2 heterocycles. The Balaban J connectivity index is 1.33. The predicted molar refractivity (Wildman–Crippen MR) is 107 cm³/mol. The lowest BCUT2D eigenvalue weighted by molar-refractivity contribution is 0.219. The van der Waals surface area contributed by atoms with E-state index in [1.165, 1.54) is 49.9 Å². The third-order valence-corrected chi connectivity index (χ3v) is 5.66. The molecule has 1 aromatic heterocycles. The van der Waals surface area contributed by atoms with Crippen LogP contribution >= 0.6 is 0 Å². The minimum Gasteiger partial charge on any atom is -0.493 e. The van der Waals surface area contributed by atoms with E-state index in [1.54, 1.807) is 4.68 Å². The maximum atomic E-state index is 6.16. The van der Waals surface area contributed by atoms with Gasteiger partial charge in [-0.3, -0.25) is 4.90 Å². The van der Waals surface area contributed by atoms with Gasteiger partial charge in [-0.1, -0.05) is 12.1 Å². The van der Waals surface area contributed by atoms with Crippen LogP contribution in [-0.2, 0) is 13.5 Å². The molecule has 27 heavy (non-hydrogen) atoms. The number of hydrogen-bond acceptors (Lipinski definition) is 6. The molecule has 2 aromatic rings. The Labute approximate surface area is 160 Å². The Morgan fingerprint density at radius 1 is 1.26 bits per heavy atom. The topological polar surface area (TPSA) is 81.2 Å². The summed E-state index contributed by atoms with van der Waals surface area (Å²) >= 11 is 0. The van der Waals surface area contributed by atoms with Crippen LogP contribution in [0.25, 0.3) is 0 Å². The predicted octanol–water partition coefficient (Wildman–Crippen LogP) is 2.75. The van der Waals surface area contributed by atoms with E-state index in [0.717, 1.165) is 25.1 Å². The number of ether oxygens (including phenoxy) is 1. The molecule has 7 heteroatoms. The quantitative estimate of drug-likeness (QED) is 0.730. The highest BCUT2D eigenvalue weighted by molar-refractivity contribution is 5.43. The van der Waals surface area contributed by atoms with Crippen molar-refractivity contribution in [3.63, 3.8) is 0 Å². The third-order valence-electron chi connectivity index (χ3n) is 5.66. The number of benzene rings is 1. The third kappa shape index (κ3) is 4.03. The van der Waals surface area contributed by atoms with Crippen molar-refractivity contribution in [1.82, 2.24) is 19.7 Å². The first-order valence-corrected chi connectivity index (χ1v) is 10.1. The summed E-state index contributed by atoms with van der Waals surface area (Å²) in [4.78, 5) is 6.81. The molecule has 0 radical (unpaired) electrons. The van der Waals surface area contributed by atoms with Gasteiger partial charge >= 0.3 is 0 Å². The highest BCUT2D eigenvalue weighted by Gasteiger charge is 2.29. The van der Waals surface area contributed by atoms with Gasteiger partial charge in [0, 0.05) is 19.6 Å². The molecule has 0 amide bonds. The van der Waals surface area contributed by atoms with Crippen LogP contribution in [0.1, 0.15) is 49.3 Å². The minimum absolute atomic E-state index is 0.291. The molecule has 0 spiro atoms. The number of nitrogens with zero attached hydrogens (tertiary/aromatic N) is 4. The van der Waals surface area contributed by atoms with E-state index < -0.39 is 0 Å². The van der Waals surface area contributed by atoms with E-state index in [2.05, 4.69) is 38.5 Å². The van der Waals surface area contributed by atoms with Gasteiger partial charge in [0.1, 0.15) is 5.75 Å². The smallest absolute Gasteiger partial charge is 0.241 e. The number of likely N-dealkylation sites (tertiary alicyclic amines) is 1. The lowest BCUT2D eigenvalue weighted by Crippen LogP contribution is -2.28. The van der Waals surface area contributed by atoms with E-state index in [-0.39, 0.29) is 0 Å². The second kappa shape index (κ2) is 8.17. The molecule has 3 N–H and O–H groups in total. The molecule has 1 fully saturated rings. The van der Waals surface area contributed by atoms with Gasteiger partial charge < -0.3 is 15.8 Å². The largest absolute Gasteiger partial charge is 0.493 e. The van der Waals surface area contributed by atoms with Crippen LogP contribution in [0.4, 0.5) is 11.9 Å². The highest BCUT2D eigenvalue weighted by atomic mass is 16.5. The first-order valence-electron chi connectivity index (χ1n) is 10.1. The molecule has 7 nitrogen and oxygen atoms in total. The van der Waals surface area contributed by atoms with Crippen LogP contribution in [0, 0.1) is 0 Å². The summed E-state index contributed by atoms with van der Waals surface area (Å²) in [5.74, 6) is 2.05. The molecule has 1 aliphatic heterocycles.